The Morgan fingerprint density at radius 3 is 2.48 bits per heavy atom. The summed E-state index contributed by atoms with van der Waals surface area (Å²) in [6.07, 6.45) is 1.38. The lowest BCUT2D eigenvalue weighted by Gasteiger charge is -2.13. The van der Waals surface area contributed by atoms with Gasteiger partial charge in [0, 0.05) is 4.47 Å². The molecule has 0 radical (unpaired) electrons. The second-order valence-corrected chi connectivity index (χ2v) is 4.94. The highest BCUT2D eigenvalue weighted by Crippen LogP contribution is 2.26. The van der Waals surface area contributed by atoms with E-state index in [0.29, 0.717) is 35.1 Å². The van der Waals surface area contributed by atoms with Crippen molar-refractivity contribution in [3.05, 3.63) is 40.1 Å². The first-order valence-electron chi connectivity index (χ1n) is 6.05. The summed E-state index contributed by atoms with van der Waals surface area (Å²) in [4.78, 5) is 8.10. The van der Waals surface area contributed by atoms with Gasteiger partial charge in [0.1, 0.15) is 12.4 Å². The van der Waals surface area contributed by atoms with E-state index >= 15 is 0 Å². The number of hydrogen-bond acceptors (Lipinski definition) is 6. The quantitative estimate of drug-likeness (QED) is 0.894. The Kier molecular flexibility index (Phi) is 4.95. The molecule has 2 rings (SSSR count). The van der Waals surface area contributed by atoms with Gasteiger partial charge < -0.3 is 14.8 Å². The van der Waals surface area contributed by atoms with Gasteiger partial charge >= 0.3 is 0 Å². The highest BCUT2D eigenvalue weighted by atomic mass is 79.9. The number of hydrogen-bond donors (Lipinski definition) is 1. The highest BCUT2D eigenvalue weighted by molar-refractivity contribution is 9.10. The average molecular weight is 349 g/mol. The van der Waals surface area contributed by atoms with E-state index in [4.69, 9.17) is 14.7 Å². The molecule has 0 amide bonds. The smallest absolute Gasteiger partial charge is 0.225 e. The summed E-state index contributed by atoms with van der Waals surface area (Å²) in [5, 5.41) is 12.3. The number of nitrogens with zero attached hydrogens (tertiary/aromatic N) is 3. The standard InChI is InChI=1S/C14H13BrN4O2/c1-20-13-11(14(21-2)19-8-18-13)7-17-12-4-3-10(15)5-9(12)6-16/h3-5,8,17H,7H2,1-2H3. The number of nitriles is 1. The maximum atomic E-state index is 9.16. The van der Waals surface area contributed by atoms with Gasteiger partial charge in [0.15, 0.2) is 0 Å². The van der Waals surface area contributed by atoms with E-state index in [9.17, 15) is 0 Å². The largest absolute Gasteiger partial charge is 0.481 e. The molecule has 0 spiro atoms. The minimum absolute atomic E-state index is 0.378. The lowest BCUT2D eigenvalue weighted by molar-refractivity contribution is 0.363. The third-order valence-corrected chi connectivity index (χ3v) is 3.30. The van der Waals surface area contributed by atoms with E-state index in [-0.39, 0.29) is 0 Å². The highest BCUT2D eigenvalue weighted by Gasteiger charge is 2.13. The molecule has 0 aliphatic carbocycles. The fourth-order valence-corrected chi connectivity index (χ4v) is 2.19. The second kappa shape index (κ2) is 6.90. The van der Waals surface area contributed by atoms with Crippen LogP contribution in [0.2, 0.25) is 0 Å². The lowest BCUT2D eigenvalue weighted by atomic mass is 10.2. The number of rotatable bonds is 5. The summed E-state index contributed by atoms with van der Waals surface area (Å²) >= 11 is 3.34. The van der Waals surface area contributed by atoms with E-state index in [2.05, 4.69) is 37.3 Å². The number of nitrogens with one attached hydrogen (secondary N) is 1. The number of aromatic nitrogens is 2. The summed E-state index contributed by atoms with van der Waals surface area (Å²) in [7, 11) is 3.07. The molecule has 6 nitrogen and oxygen atoms in total. The summed E-state index contributed by atoms with van der Waals surface area (Å²) in [6.45, 7) is 0.378. The van der Waals surface area contributed by atoms with Crippen LogP contribution in [0.25, 0.3) is 0 Å². The van der Waals surface area contributed by atoms with Crippen LogP contribution in [0.1, 0.15) is 11.1 Å². The van der Waals surface area contributed by atoms with Gasteiger partial charge in [-0.3, -0.25) is 0 Å². The normalized spacial score (nSPS) is 9.81. The molecular weight excluding hydrogens is 336 g/mol. The molecule has 2 aromatic rings. The second-order valence-electron chi connectivity index (χ2n) is 4.03. The number of anilines is 1. The Morgan fingerprint density at radius 2 is 1.90 bits per heavy atom. The maximum Gasteiger partial charge on any atom is 0.225 e. The first-order valence-corrected chi connectivity index (χ1v) is 6.84. The van der Waals surface area contributed by atoms with Gasteiger partial charge in [-0.05, 0) is 18.2 Å². The molecule has 21 heavy (non-hydrogen) atoms. The van der Waals surface area contributed by atoms with Gasteiger partial charge in [0.05, 0.1) is 37.6 Å². The van der Waals surface area contributed by atoms with Crippen LogP contribution in [0.5, 0.6) is 11.8 Å². The lowest BCUT2D eigenvalue weighted by Crippen LogP contribution is -2.07. The molecule has 7 heteroatoms. The molecular formula is C14H13BrN4O2. The van der Waals surface area contributed by atoms with Crippen molar-refractivity contribution in [2.24, 2.45) is 0 Å². The van der Waals surface area contributed by atoms with Gasteiger partial charge in [-0.1, -0.05) is 15.9 Å². The number of halogens is 1. The molecule has 108 valence electrons. The minimum atomic E-state index is 0.378. The van der Waals surface area contributed by atoms with E-state index in [0.717, 1.165) is 4.47 Å². The zero-order chi connectivity index (χ0) is 15.2. The molecule has 1 heterocycles. The molecule has 0 atom stereocenters. The Balaban J connectivity index is 2.27. The molecule has 0 unspecified atom stereocenters. The first-order chi connectivity index (χ1) is 10.2. The Bertz CT molecular complexity index is 663. The Hall–Kier alpha value is -2.33. The van der Waals surface area contributed by atoms with Crippen molar-refractivity contribution >= 4 is 21.6 Å². The number of ether oxygens (including phenoxy) is 2. The minimum Gasteiger partial charge on any atom is -0.481 e. The average Bonchev–Trinajstić information content (AvgIpc) is 2.53. The first kappa shape index (κ1) is 15.1. The summed E-state index contributed by atoms with van der Waals surface area (Å²) < 4.78 is 11.3. The molecule has 0 bridgehead atoms. The molecule has 0 saturated heterocycles. The zero-order valence-corrected chi connectivity index (χ0v) is 13.1. The molecule has 0 aliphatic rings. The Morgan fingerprint density at radius 1 is 1.24 bits per heavy atom. The van der Waals surface area contributed by atoms with E-state index in [1.807, 2.05) is 12.1 Å². The zero-order valence-electron chi connectivity index (χ0n) is 11.6. The van der Waals surface area contributed by atoms with Crippen molar-refractivity contribution in [1.82, 2.24) is 9.97 Å². The topological polar surface area (TPSA) is 80.1 Å². The molecule has 1 aromatic carbocycles. The van der Waals surface area contributed by atoms with Gasteiger partial charge in [-0.15, -0.1) is 0 Å². The van der Waals surface area contributed by atoms with Crippen molar-refractivity contribution in [2.45, 2.75) is 6.54 Å². The third kappa shape index (κ3) is 3.41. The summed E-state index contributed by atoms with van der Waals surface area (Å²) in [5.41, 5.74) is 1.95. The monoisotopic (exact) mass is 348 g/mol. The molecule has 0 saturated carbocycles. The number of benzene rings is 1. The van der Waals surface area contributed by atoms with Crippen molar-refractivity contribution in [3.8, 4) is 17.8 Å². The van der Waals surface area contributed by atoms with E-state index < -0.39 is 0 Å². The van der Waals surface area contributed by atoms with Crippen molar-refractivity contribution in [1.29, 1.82) is 5.26 Å². The van der Waals surface area contributed by atoms with Crippen LogP contribution < -0.4 is 14.8 Å². The van der Waals surface area contributed by atoms with Crippen LogP contribution in [-0.4, -0.2) is 24.2 Å². The van der Waals surface area contributed by atoms with Crippen LogP contribution in [0.3, 0.4) is 0 Å². The van der Waals surface area contributed by atoms with Gasteiger partial charge in [-0.25, -0.2) is 9.97 Å². The van der Waals surface area contributed by atoms with Crippen LogP contribution >= 0.6 is 15.9 Å². The van der Waals surface area contributed by atoms with Gasteiger partial charge in [-0.2, -0.15) is 5.26 Å². The fraction of sp³-hybridized carbons (Fsp3) is 0.214. The Labute approximate surface area is 130 Å². The van der Waals surface area contributed by atoms with Crippen LogP contribution in [-0.2, 0) is 6.54 Å². The van der Waals surface area contributed by atoms with Crippen molar-refractivity contribution in [2.75, 3.05) is 19.5 Å². The van der Waals surface area contributed by atoms with Crippen molar-refractivity contribution in [3.63, 3.8) is 0 Å². The predicted molar refractivity (Wildman–Crippen MR) is 81.3 cm³/mol. The fourth-order valence-electron chi connectivity index (χ4n) is 1.83. The van der Waals surface area contributed by atoms with Crippen LogP contribution in [0.15, 0.2) is 29.0 Å². The van der Waals surface area contributed by atoms with Crippen molar-refractivity contribution < 1.29 is 9.47 Å². The van der Waals surface area contributed by atoms with E-state index in [1.54, 1.807) is 6.07 Å². The van der Waals surface area contributed by atoms with Gasteiger partial charge in [0.2, 0.25) is 11.8 Å². The molecule has 0 fully saturated rings. The van der Waals surface area contributed by atoms with Crippen LogP contribution in [0, 0.1) is 11.3 Å². The predicted octanol–water partition coefficient (Wildman–Crippen LogP) is 2.74. The molecule has 1 aromatic heterocycles. The number of methoxy groups -OCH3 is 2. The molecule has 1 N–H and O–H groups in total. The van der Waals surface area contributed by atoms with E-state index in [1.165, 1.54) is 20.5 Å². The molecule has 0 aliphatic heterocycles. The summed E-state index contributed by atoms with van der Waals surface area (Å²) in [6, 6.07) is 7.58. The SMILES string of the molecule is COc1ncnc(OC)c1CNc1ccc(Br)cc1C#N. The third-order valence-electron chi connectivity index (χ3n) is 2.81. The summed E-state index contributed by atoms with van der Waals surface area (Å²) in [5.74, 6) is 0.870. The maximum absolute atomic E-state index is 9.16. The van der Waals surface area contributed by atoms with Gasteiger partial charge in [0.25, 0.3) is 0 Å². The van der Waals surface area contributed by atoms with Crippen LogP contribution in [0.4, 0.5) is 5.69 Å².